The maximum atomic E-state index is 13.6. The molecule has 0 radical (unpaired) electrons. The van der Waals surface area contributed by atoms with Crippen molar-refractivity contribution in [3.63, 3.8) is 0 Å². The van der Waals surface area contributed by atoms with E-state index in [1.807, 2.05) is 37.4 Å². The summed E-state index contributed by atoms with van der Waals surface area (Å²) in [4.78, 5) is 22.2. The van der Waals surface area contributed by atoms with Crippen LogP contribution >= 0.6 is 11.8 Å². The van der Waals surface area contributed by atoms with E-state index in [4.69, 9.17) is 9.84 Å². The minimum atomic E-state index is -0.940. The molecule has 1 atom stereocenters. The molecule has 0 bridgehead atoms. The number of carbonyl (C=O) groups is 1. The van der Waals surface area contributed by atoms with Crippen LogP contribution in [0.15, 0.2) is 60.8 Å². The largest absolute Gasteiger partial charge is 0.487 e. The number of ether oxygens (including phenoxy) is 1. The highest BCUT2D eigenvalue weighted by atomic mass is 32.2. The summed E-state index contributed by atoms with van der Waals surface area (Å²) < 4.78 is 33.2. The highest BCUT2D eigenvalue weighted by molar-refractivity contribution is 7.99. The zero-order valence-corrected chi connectivity index (χ0v) is 20.3. The monoisotopic (exact) mass is 507 g/mol. The van der Waals surface area contributed by atoms with E-state index in [1.165, 1.54) is 0 Å². The maximum Gasteiger partial charge on any atom is 0.304 e. The van der Waals surface area contributed by atoms with E-state index in [0.717, 1.165) is 34.6 Å². The summed E-state index contributed by atoms with van der Waals surface area (Å²) in [7, 11) is 1.99. The third-order valence-corrected chi connectivity index (χ3v) is 7.33. The molecule has 0 fully saturated rings. The van der Waals surface area contributed by atoms with Gasteiger partial charge in [-0.2, -0.15) is 0 Å². The Balaban J connectivity index is 1.43. The quantitative estimate of drug-likeness (QED) is 0.342. The Kier molecular flexibility index (Phi) is 6.73. The normalized spacial score (nSPS) is 14.8. The van der Waals surface area contributed by atoms with E-state index >= 15 is 0 Å². The van der Waals surface area contributed by atoms with E-state index < -0.39 is 17.6 Å². The molecule has 1 aliphatic rings. The van der Waals surface area contributed by atoms with E-state index in [9.17, 15) is 13.6 Å². The Bertz CT molecular complexity index is 1450. The van der Waals surface area contributed by atoms with Crippen LogP contribution in [0.5, 0.6) is 5.75 Å². The third kappa shape index (κ3) is 4.97. The van der Waals surface area contributed by atoms with Crippen molar-refractivity contribution in [1.82, 2.24) is 9.97 Å². The molecule has 0 saturated heterocycles. The molecule has 36 heavy (non-hydrogen) atoms. The number of halogens is 2. The van der Waals surface area contributed by atoms with Gasteiger partial charge in [0.05, 0.1) is 22.9 Å². The van der Waals surface area contributed by atoms with Crippen molar-refractivity contribution in [3.05, 3.63) is 94.8 Å². The fraction of sp³-hybridized carbons (Fsp3) is 0.222. The van der Waals surface area contributed by atoms with Crippen molar-refractivity contribution in [2.45, 2.75) is 24.8 Å². The molecule has 4 aromatic rings. The van der Waals surface area contributed by atoms with Gasteiger partial charge in [-0.15, -0.1) is 11.8 Å². The molecule has 1 aliphatic heterocycles. The third-order valence-electron chi connectivity index (χ3n) is 6.04. The number of rotatable bonds is 7. The van der Waals surface area contributed by atoms with E-state index in [1.54, 1.807) is 30.1 Å². The Morgan fingerprint density at radius 2 is 1.97 bits per heavy atom. The van der Waals surface area contributed by atoms with Crippen molar-refractivity contribution in [2.24, 2.45) is 0 Å². The molecule has 6 nitrogen and oxygen atoms in total. The van der Waals surface area contributed by atoms with Gasteiger partial charge in [0, 0.05) is 42.6 Å². The number of benzene rings is 2. The van der Waals surface area contributed by atoms with Gasteiger partial charge in [0.2, 0.25) is 0 Å². The predicted octanol–water partition coefficient (Wildman–Crippen LogP) is 5.73. The summed E-state index contributed by atoms with van der Waals surface area (Å²) in [6.45, 7) is 0.812. The van der Waals surface area contributed by atoms with Gasteiger partial charge in [-0.1, -0.05) is 18.2 Å². The second-order valence-electron chi connectivity index (χ2n) is 8.58. The molecule has 184 valence electrons. The number of carboxylic acid groups (broad SMARTS) is 1. The van der Waals surface area contributed by atoms with Gasteiger partial charge in [0.15, 0.2) is 11.6 Å². The lowest BCUT2D eigenvalue weighted by molar-refractivity contribution is -0.136. The number of hydrogen-bond acceptors (Lipinski definition) is 6. The molecule has 2 aromatic carbocycles. The summed E-state index contributed by atoms with van der Waals surface area (Å²) >= 11 is 1.57. The second-order valence-corrected chi connectivity index (χ2v) is 9.79. The van der Waals surface area contributed by atoms with Crippen molar-refractivity contribution in [3.8, 4) is 5.75 Å². The fourth-order valence-corrected chi connectivity index (χ4v) is 5.61. The number of carboxylic acids is 1. The molecule has 0 amide bonds. The van der Waals surface area contributed by atoms with Crippen molar-refractivity contribution >= 4 is 34.5 Å². The van der Waals surface area contributed by atoms with Gasteiger partial charge in [-0.05, 0) is 41.5 Å². The SMILES string of the molecule is CN1Cc2ccc(OCc3ccc4cc(F)c(F)cc4n3)cc2[C@H](SCCC(=O)O)c2cccnc21. The first kappa shape index (κ1) is 24.0. The second kappa shape index (κ2) is 10.1. The Labute approximate surface area is 210 Å². The van der Waals surface area contributed by atoms with E-state index in [0.29, 0.717) is 34.6 Å². The lowest BCUT2D eigenvalue weighted by Crippen LogP contribution is -2.17. The maximum absolute atomic E-state index is 13.6. The number of nitrogens with zero attached hydrogens (tertiary/aromatic N) is 3. The molecule has 0 saturated carbocycles. The van der Waals surface area contributed by atoms with Crippen LogP contribution in [0.1, 0.15) is 34.1 Å². The van der Waals surface area contributed by atoms with Crippen LogP contribution in [0.3, 0.4) is 0 Å². The first-order chi connectivity index (χ1) is 17.4. The first-order valence-electron chi connectivity index (χ1n) is 11.4. The van der Waals surface area contributed by atoms with E-state index in [2.05, 4.69) is 14.9 Å². The number of fused-ring (bicyclic) bond motifs is 3. The molecular formula is C27H23F2N3O3S. The Morgan fingerprint density at radius 1 is 1.14 bits per heavy atom. The van der Waals surface area contributed by atoms with Crippen LogP contribution in [0, 0.1) is 11.6 Å². The van der Waals surface area contributed by atoms with Crippen molar-refractivity contribution < 1.29 is 23.4 Å². The van der Waals surface area contributed by atoms with Crippen LogP contribution < -0.4 is 9.64 Å². The van der Waals surface area contributed by atoms with Gasteiger partial charge in [0.1, 0.15) is 18.2 Å². The summed E-state index contributed by atoms with van der Waals surface area (Å²) in [5.74, 6) is -0.711. The van der Waals surface area contributed by atoms with Gasteiger partial charge in [-0.3, -0.25) is 4.79 Å². The van der Waals surface area contributed by atoms with Crippen LogP contribution in [0.4, 0.5) is 14.6 Å². The van der Waals surface area contributed by atoms with Crippen LogP contribution in [-0.4, -0.2) is 33.8 Å². The smallest absolute Gasteiger partial charge is 0.304 e. The highest BCUT2D eigenvalue weighted by Gasteiger charge is 2.27. The molecule has 5 rings (SSSR count). The molecule has 0 unspecified atom stereocenters. The molecule has 9 heteroatoms. The van der Waals surface area contributed by atoms with Gasteiger partial charge in [-0.25, -0.2) is 18.7 Å². The fourth-order valence-electron chi connectivity index (χ4n) is 4.32. The van der Waals surface area contributed by atoms with Crippen molar-refractivity contribution in [1.29, 1.82) is 0 Å². The lowest BCUT2D eigenvalue weighted by atomic mass is 10.0. The standard InChI is InChI=1S/C27H23F2N3O3S/c1-32-14-17-5-7-19(35-15-18-6-4-16-11-22(28)23(29)13-24(16)31-18)12-21(17)26(36-10-8-25(33)34)20-3-2-9-30-27(20)32/h2-7,9,11-13,26H,8,10,14-15H2,1H3,(H,33,34)/t26-/m1/s1. The van der Waals surface area contributed by atoms with Crippen molar-refractivity contribution in [2.75, 3.05) is 17.7 Å². The van der Waals surface area contributed by atoms with Gasteiger partial charge < -0.3 is 14.7 Å². The molecule has 2 aromatic heterocycles. The molecule has 1 N–H and O–H groups in total. The number of aromatic nitrogens is 2. The average molecular weight is 508 g/mol. The molecule has 3 heterocycles. The predicted molar refractivity (Wildman–Crippen MR) is 135 cm³/mol. The topological polar surface area (TPSA) is 75.5 Å². The highest BCUT2D eigenvalue weighted by Crippen LogP contribution is 2.44. The number of anilines is 1. The van der Waals surface area contributed by atoms with Gasteiger partial charge in [0.25, 0.3) is 0 Å². The molecule has 0 aliphatic carbocycles. The number of aliphatic carboxylic acids is 1. The zero-order chi connectivity index (χ0) is 25.2. The summed E-state index contributed by atoms with van der Waals surface area (Å²) in [5, 5.41) is 9.56. The average Bonchev–Trinajstić information content (AvgIpc) is 2.97. The molecular weight excluding hydrogens is 484 g/mol. The summed E-state index contributed by atoms with van der Waals surface area (Å²) in [6.07, 6.45) is 1.83. The van der Waals surface area contributed by atoms with Crippen LogP contribution in [0.25, 0.3) is 10.9 Å². The van der Waals surface area contributed by atoms with Crippen LogP contribution in [0.2, 0.25) is 0 Å². The Morgan fingerprint density at radius 3 is 2.81 bits per heavy atom. The van der Waals surface area contributed by atoms with E-state index in [-0.39, 0.29) is 18.3 Å². The minimum Gasteiger partial charge on any atom is -0.487 e. The number of pyridine rings is 2. The number of thioether (sulfide) groups is 1. The van der Waals surface area contributed by atoms with Crippen LogP contribution in [-0.2, 0) is 17.9 Å². The molecule has 0 spiro atoms. The minimum absolute atomic E-state index is 0.0657. The first-order valence-corrected chi connectivity index (χ1v) is 12.4. The lowest BCUT2D eigenvalue weighted by Gasteiger charge is -2.20. The van der Waals surface area contributed by atoms with Gasteiger partial charge >= 0.3 is 5.97 Å². The Hall–Kier alpha value is -3.72. The summed E-state index contributed by atoms with van der Waals surface area (Å²) in [5.41, 5.74) is 4.13. The zero-order valence-electron chi connectivity index (χ0n) is 19.4. The summed E-state index contributed by atoms with van der Waals surface area (Å²) in [6, 6.07) is 15.4. The number of hydrogen-bond donors (Lipinski definition) is 1.